The molecule has 6 nitrogen and oxygen atoms in total. The van der Waals surface area contributed by atoms with E-state index in [1.165, 1.54) is 0 Å². The van der Waals surface area contributed by atoms with Gasteiger partial charge >= 0.3 is 6.16 Å². The lowest BCUT2D eigenvalue weighted by molar-refractivity contribution is -0.0675. The Kier molecular flexibility index (Phi) is 4.40. The average molecular weight is 246 g/mol. The highest BCUT2D eigenvalue weighted by molar-refractivity contribution is 6.11. The zero-order valence-corrected chi connectivity index (χ0v) is 10.5. The van der Waals surface area contributed by atoms with Crippen LogP contribution in [0.1, 0.15) is 20.8 Å². The molecular weight excluding hydrogens is 227 g/mol. The van der Waals surface area contributed by atoms with Crippen LogP contribution in [-0.2, 0) is 14.2 Å². The second-order valence-corrected chi connectivity index (χ2v) is 5.10. The molecule has 0 aromatic heterocycles. The molecule has 1 fully saturated rings. The molecule has 1 saturated heterocycles. The Labute approximate surface area is 101 Å². The lowest BCUT2D eigenvalue weighted by Gasteiger charge is -2.23. The normalized spacial score (nSPS) is 33.5. The summed E-state index contributed by atoms with van der Waals surface area (Å²) in [5, 5.41) is 18.8. The number of aliphatic hydroxyl groups is 2. The van der Waals surface area contributed by atoms with Crippen LogP contribution in [0.25, 0.3) is 0 Å². The van der Waals surface area contributed by atoms with E-state index >= 15 is 0 Å². The van der Waals surface area contributed by atoms with Crippen LogP contribution in [0.4, 0.5) is 4.79 Å². The van der Waals surface area contributed by atoms with Crippen molar-refractivity contribution in [3.8, 4) is 0 Å². The number of ether oxygens (including phenoxy) is 3. The summed E-state index contributed by atoms with van der Waals surface area (Å²) < 4.78 is 15.2. The number of carbonyl (C=O) groups excluding carboxylic acids is 1. The van der Waals surface area contributed by atoms with Crippen molar-refractivity contribution in [1.82, 2.24) is 0 Å². The SMILES string of the molecule is B[C@@H]1O[C@H](CO)C(OC(=O)OC(C)(C)C)[C@@H]1O. The molecule has 17 heavy (non-hydrogen) atoms. The minimum absolute atomic E-state index is 0.325. The molecule has 98 valence electrons. The standard InChI is InChI=1S/C10H19BO6/c1-10(2,3)17-9(14)16-7-5(4-12)15-8(11)6(7)13/h5-8,12-13H,4,11H2,1-3H3/t5-,6+,7?,8-/m1/s1. The van der Waals surface area contributed by atoms with E-state index in [4.69, 9.17) is 19.3 Å². The molecule has 1 aliphatic rings. The van der Waals surface area contributed by atoms with Gasteiger partial charge in [0, 0.05) is 0 Å². The van der Waals surface area contributed by atoms with Gasteiger partial charge in [-0.05, 0) is 20.8 Å². The van der Waals surface area contributed by atoms with Gasteiger partial charge < -0.3 is 24.4 Å². The number of aliphatic hydroxyl groups excluding tert-OH is 2. The Bertz CT molecular complexity index is 276. The summed E-state index contributed by atoms with van der Waals surface area (Å²) in [6, 6.07) is -0.486. The molecule has 1 rings (SSSR count). The van der Waals surface area contributed by atoms with Crippen molar-refractivity contribution in [2.75, 3.05) is 6.61 Å². The van der Waals surface area contributed by atoms with Gasteiger partial charge in [-0.1, -0.05) is 0 Å². The van der Waals surface area contributed by atoms with Gasteiger partial charge in [-0.15, -0.1) is 0 Å². The number of hydrogen-bond donors (Lipinski definition) is 2. The van der Waals surface area contributed by atoms with E-state index in [1.807, 2.05) is 0 Å². The van der Waals surface area contributed by atoms with Gasteiger partial charge in [0.2, 0.25) is 0 Å². The van der Waals surface area contributed by atoms with E-state index in [-0.39, 0.29) is 6.61 Å². The fraction of sp³-hybridized carbons (Fsp3) is 0.900. The highest BCUT2D eigenvalue weighted by Crippen LogP contribution is 2.23. The highest BCUT2D eigenvalue weighted by Gasteiger charge is 2.44. The highest BCUT2D eigenvalue weighted by atomic mass is 16.7. The molecule has 0 spiro atoms. The van der Waals surface area contributed by atoms with Gasteiger partial charge in [0.15, 0.2) is 6.10 Å². The van der Waals surface area contributed by atoms with Crippen molar-refractivity contribution in [1.29, 1.82) is 0 Å². The van der Waals surface area contributed by atoms with E-state index in [1.54, 1.807) is 28.6 Å². The molecule has 0 radical (unpaired) electrons. The van der Waals surface area contributed by atoms with Crippen LogP contribution < -0.4 is 0 Å². The third kappa shape index (κ3) is 3.87. The molecule has 0 saturated carbocycles. The van der Waals surface area contributed by atoms with Crippen LogP contribution in [0.3, 0.4) is 0 Å². The van der Waals surface area contributed by atoms with Crippen LogP contribution >= 0.6 is 0 Å². The molecule has 0 amide bonds. The quantitative estimate of drug-likeness (QED) is 0.481. The first-order chi connectivity index (χ1) is 7.74. The minimum atomic E-state index is -0.959. The van der Waals surface area contributed by atoms with E-state index in [2.05, 4.69) is 0 Å². The van der Waals surface area contributed by atoms with E-state index in [9.17, 15) is 9.90 Å². The first kappa shape index (κ1) is 14.3. The summed E-state index contributed by atoms with van der Waals surface area (Å²) in [5.74, 6) is 0. The Morgan fingerprint density at radius 2 is 2.06 bits per heavy atom. The molecule has 1 heterocycles. The summed E-state index contributed by atoms with van der Waals surface area (Å²) >= 11 is 0. The molecule has 0 aromatic rings. The maximum Gasteiger partial charge on any atom is 0.509 e. The Balaban J connectivity index is 2.57. The second kappa shape index (κ2) is 5.24. The largest absolute Gasteiger partial charge is 0.509 e. The minimum Gasteiger partial charge on any atom is -0.429 e. The lowest BCUT2D eigenvalue weighted by Crippen LogP contribution is -2.39. The fourth-order valence-corrected chi connectivity index (χ4v) is 1.60. The molecule has 0 bridgehead atoms. The molecular formula is C10H19BO6. The summed E-state index contributed by atoms with van der Waals surface area (Å²) in [4.78, 5) is 11.4. The van der Waals surface area contributed by atoms with Gasteiger partial charge in [-0.3, -0.25) is 0 Å². The third-order valence-corrected chi connectivity index (χ3v) is 2.38. The predicted octanol–water partition coefficient (Wildman–Crippen LogP) is -0.982. The smallest absolute Gasteiger partial charge is 0.429 e. The van der Waals surface area contributed by atoms with Crippen LogP contribution in [0.15, 0.2) is 0 Å². The van der Waals surface area contributed by atoms with Gasteiger partial charge in [0.05, 0.1) is 12.6 Å². The van der Waals surface area contributed by atoms with Crippen molar-refractivity contribution in [3.63, 3.8) is 0 Å². The molecule has 1 aliphatic heterocycles. The van der Waals surface area contributed by atoms with Crippen molar-refractivity contribution in [2.45, 2.75) is 50.7 Å². The van der Waals surface area contributed by atoms with Crippen LogP contribution in [0.5, 0.6) is 0 Å². The van der Waals surface area contributed by atoms with Gasteiger partial charge in [-0.25, -0.2) is 4.79 Å². The Morgan fingerprint density at radius 1 is 1.47 bits per heavy atom. The summed E-state index contributed by atoms with van der Waals surface area (Å²) in [5.41, 5.74) is -0.665. The van der Waals surface area contributed by atoms with E-state index in [0.717, 1.165) is 0 Å². The zero-order valence-electron chi connectivity index (χ0n) is 10.5. The second-order valence-electron chi connectivity index (χ2n) is 5.10. The molecule has 1 unspecified atom stereocenters. The van der Waals surface area contributed by atoms with Gasteiger partial charge in [0.25, 0.3) is 0 Å². The summed E-state index contributed by atoms with van der Waals surface area (Å²) in [6.45, 7) is 4.81. The van der Waals surface area contributed by atoms with Gasteiger partial charge in [0.1, 0.15) is 25.7 Å². The van der Waals surface area contributed by atoms with Gasteiger partial charge in [-0.2, -0.15) is 0 Å². The van der Waals surface area contributed by atoms with Crippen molar-refractivity contribution in [2.24, 2.45) is 0 Å². The van der Waals surface area contributed by atoms with Crippen LogP contribution in [0.2, 0.25) is 0 Å². The molecule has 0 aromatic carbocycles. The Morgan fingerprint density at radius 3 is 2.53 bits per heavy atom. The zero-order chi connectivity index (χ0) is 13.2. The topological polar surface area (TPSA) is 85.2 Å². The maximum absolute atomic E-state index is 11.4. The average Bonchev–Trinajstić information content (AvgIpc) is 2.42. The lowest BCUT2D eigenvalue weighted by atomic mass is 9.93. The maximum atomic E-state index is 11.4. The first-order valence-electron chi connectivity index (χ1n) is 5.58. The third-order valence-electron chi connectivity index (χ3n) is 2.38. The number of rotatable bonds is 2. The van der Waals surface area contributed by atoms with E-state index < -0.39 is 36.1 Å². The summed E-state index contributed by atoms with van der Waals surface area (Å²) in [6.07, 6.45) is -3.45. The van der Waals surface area contributed by atoms with Crippen LogP contribution in [0, 0.1) is 0 Å². The monoisotopic (exact) mass is 246 g/mol. The van der Waals surface area contributed by atoms with Crippen LogP contribution in [-0.4, -0.2) is 60.7 Å². The fourth-order valence-electron chi connectivity index (χ4n) is 1.60. The van der Waals surface area contributed by atoms with E-state index in [0.29, 0.717) is 0 Å². The number of carbonyl (C=O) groups is 1. The van der Waals surface area contributed by atoms with Crippen molar-refractivity contribution >= 4 is 14.0 Å². The Hall–Kier alpha value is -0.785. The summed E-state index contributed by atoms with van der Waals surface area (Å²) in [7, 11) is 1.64. The molecule has 0 aliphatic carbocycles. The molecule has 2 N–H and O–H groups in total. The molecule has 4 atom stereocenters. The van der Waals surface area contributed by atoms with Crippen molar-refractivity contribution < 1.29 is 29.2 Å². The predicted molar refractivity (Wildman–Crippen MR) is 61.4 cm³/mol. The van der Waals surface area contributed by atoms with Crippen molar-refractivity contribution in [3.05, 3.63) is 0 Å². The number of hydrogen-bond acceptors (Lipinski definition) is 6. The first-order valence-corrected chi connectivity index (χ1v) is 5.58. The molecule has 7 heteroatoms.